The van der Waals surface area contributed by atoms with Crippen molar-refractivity contribution in [1.29, 1.82) is 5.41 Å². The molecule has 0 saturated carbocycles. The fourth-order valence-electron chi connectivity index (χ4n) is 4.89. The summed E-state index contributed by atoms with van der Waals surface area (Å²) in [5.41, 5.74) is 4.30. The van der Waals surface area contributed by atoms with Gasteiger partial charge >= 0.3 is 0 Å². The number of rotatable bonds is 7. The van der Waals surface area contributed by atoms with Crippen molar-refractivity contribution in [2.24, 2.45) is 0 Å². The Bertz CT molecular complexity index is 1510. The summed E-state index contributed by atoms with van der Waals surface area (Å²) in [6.07, 6.45) is 0. The Labute approximate surface area is 225 Å². The largest absolute Gasteiger partial charge is 0.507 e. The van der Waals surface area contributed by atoms with Gasteiger partial charge in [0.15, 0.2) is 5.78 Å². The second-order valence-electron chi connectivity index (χ2n) is 11.9. The zero-order chi connectivity index (χ0) is 27.8. The summed E-state index contributed by atoms with van der Waals surface area (Å²) in [4.78, 5) is 13.8. The zero-order valence-corrected chi connectivity index (χ0v) is 23.6. The van der Waals surface area contributed by atoms with Crippen molar-refractivity contribution in [3.05, 3.63) is 88.5 Å². The molecular formula is C32H39N3O3. The van der Waals surface area contributed by atoms with Gasteiger partial charge in [0.2, 0.25) is 5.62 Å². The van der Waals surface area contributed by atoms with E-state index in [1.165, 1.54) is 0 Å². The molecule has 1 heterocycles. The number of aromatic hydroxyl groups is 1. The van der Waals surface area contributed by atoms with E-state index in [4.69, 9.17) is 10.1 Å². The number of carbonyl (C=O) groups is 1. The highest BCUT2D eigenvalue weighted by atomic mass is 16.5. The molecule has 200 valence electrons. The number of imidazole rings is 1. The van der Waals surface area contributed by atoms with Crippen LogP contribution in [0.4, 0.5) is 0 Å². The lowest BCUT2D eigenvalue weighted by Crippen LogP contribution is -2.28. The maximum absolute atomic E-state index is 13.8. The molecule has 6 heteroatoms. The number of nitrogens with zero attached hydrogens (tertiary/aromatic N) is 2. The number of para-hydroxylation sites is 3. The molecule has 0 saturated heterocycles. The minimum Gasteiger partial charge on any atom is -0.507 e. The van der Waals surface area contributed by atoms with Gasteiger partial charge in [0.1, 0.15) is 11.5 Å². The van der Waals surface area contributed by atoms with Gasteiger partial charge in [-0.05, 0) is 48.1 Å². The summed E-state index contributed by atoms with van der Waals surface area (Å²) in [5, 5.41) is 20.1. The number of ketones is 1. The molecule has 0 bridgehead atoms. The third kappa shape index (κ3) is 5.26. The van der Waals surface area contributed by atoms with Crippen LogP contribution in [0, 0.1) is 5.41 Å². The first kappa shape index (κ1) is 27.2. The lowest BCUT2D eigenvalue weighted by atomic mass is 9.78. The van der Waals surface area contributed by atoms with E-state index >= 15 is 0 Å². The lowest BCUT2D eigenvalue weighted by Gasteiger charge is -2.28. The van der Waals surface area contributed by atoms with Crippen molar-refractivity contribution in [2.75, 3.05) is 6.61 Å². The van der Waals surface area contributed by atoms with E-state index in [0.29, 0.717) is 18.7 Å². The average Bonchev–Trinajstić information content (AvgIpc) is 3.10. The van der Waals surface area contributed by atoms with E-state index in [0.717, 1.165) is 33.5 Å². The minimum atomic E-state index is -0.335. The van der Waals surface area contributed by atoms with Gasteiger partial charge in [0.25, 0.3) is 0 Å². The lowest BCUT2D eigenvalue weighted by molar-refractivity contribution is 0.0971. The van der Waals surface area contributed by atoms with Gasteiger partial charge in [-0.15, -0.1) is 0 Å². The second kappa shape index (κ2) is 10.2. The third-order valence-electron chi connectivity index (χ3n) is 6.93. The SMILES string of the molecule is CCOc1ccccc1Cn1c(=N)n(CC(=O)c2cc(C(C)(C)C)c(O)c(C(C)(C)C)c2)c2ccccc21. The first-order chi connectivity index (χ1) is 17.8. The summed E-state index contributed by atoms with van der Waals surface area (Å²) in [5.74, 6) is 0.945. The molecule has 4 rings (SSSR count). The molecule has 3 aromatic carbocycles. The molecule has 6 nitrogen and oxygen atoms in total. The maximum Gasteiger partial charge on any atom is 0.203 e. The Hall–Kier alpha value is -3.80. The predicted molar refractivity (Wildman–Crippen MR) is 152 cm³/mol. The van der Waals surface area contributed by atoms with Gasteiger partial charge in [-0.2, -0.15) is 0 Å². The molecule has 0 amide bonds. The number of ether oxygens (including phenoxy) is 1. The first-order valence-corrected chi connectivity index (χ1v) is 13.2. The van der Waals surface area contributed by atoms with Gasteiger partial charge in [-0.25, -0.2) is 0 Å². The number of hydrogen-bond donors (Lipinski definition) is 2. The molecule has 0 atom stereocenters. The summed E-state index contributed by atoms with van der Waals surface area (Å²) in [7, 11) is 0. The number of fused-ring (bicyclic) bond motifs is 1. The fraction of sp³-hybridized carbons (Fsp3) is 0.375. The number of phenols is 1. The molecule has 1 aromatic heterocycles. The normalized spacial score (nSPS) is 12.2. The van der Waals surface area contributed by atoms with E-state index in [-0.39, 0.29) is 34.5 Å². The fourth-order valence-corrected chi connectivity index (χ4v) is 4.89. The molecule has 0 fully saturated rings. The molecule has 0 spiro atoms. The standard InChI is InChI=1S/C32H39N3O3/c1-8-38-28-16-12-9-13-21(28)19-34-25-14-10-11-15-26(25)35(30(34)33)20-27(36)22-17-23(31(2,3)4)29(37)24(18-22)32(5,6)7/h9-18,33,37H,8,19-20H2,1-7H3. The summed E-state index contributed by atoms with van der Waals surface area (Å²) in [6.45, 7) is 15.2. The zero-order valence-electron chi connectivity index (χ0n) is 23.6. The third-order valence-corrected chi connectivity index (χ3v) is 6.93. The Morgan fingerprint density at radius 1 is 0.868 bits per heavy atom. The molecule has 0 aliphatic rings. The van der Waals surface area contributed by atoms with Crippen molar-refractivity contribution in [1.82, 2.24) is 9.13 Å². The van der Waals surface area contributed by atoms with Crippen LogP contribution in [0.1, 0.15) is 75.5 Å². The molecule has 0 aliphatic carbocycles. The van der Waals surface area contributed by atoms with E-state index in [1.807, 2.05) is 114 Å². The maximum atomic E-state index is 13.8. The monoisotopic (exact) mass is 513 g/mol. The summed E-state index contributed by atoms with van der Waals surface area (Å²) in [6, 6.07) is 19.3. The van der Waals surface area contributed by atoms with E-state index in [9.17, 15) is 9.90 Å². The highest BCUT2D eigenvalue weighted by molar-refractivity contribution is 5.97. The molecule has 38 heavy (non-hydrogen) atoms. The van der Waals surface area contributed by atoms with Gasteiger partial charge in [0.05, 0.1) is 30.7 Å². The number of aromatic nitrogens is 2. The summed E-state index contributed by atoms with van der Waals surface area (Å²) >= 11 is 0. The van der Waals surface area contributed by atoms with Gasteiger partial charge in [-0.1, -0.05) is 71.9 Å². The van der Waals surface area contributed by atoms with Crippen LogP contribution in [0.3, 0.4) is 0 Å². The highest BCUT2D eigenvalue weighted by Crippen LogP contribution is 2.40. The number of hydrogen-bond acceptors (Lipinski definition) is 4. The average molecular weight is 514 g/mol. The minimum absolute atomic E-state index is 0.0252. The Morgan fingerprint density at radius 3 is 1.95 bits per heavy atom. The van der Waals surface area contributed by atoms with Crippen LogP contribution in [-0.4, -0.2) is 26.6 Å². The van der Waals surface area contributed by atoms with Crippen LogP contribution in [0.5, 0.6) is 11.5 Å². The Balaban J connectivity index is 1.80. The smallest absolute Gasteiger partial charge is 0.203 e. The number of nitrogens with one attached hydrogen (secondary N) is 1. The Kier molecular flexibility index (Phi) is 7.29. The van der Waals surface area contributed by atoms with Crippen LogP contribution < -0.4 is 10.4 Å². The highest BCUT2D eigenvalue weighted by Gasteiger charge is 2.28. The number of Topliss-reactive ketones (excluding diaryl/α,β-unsaturated/α-hetero) is 1. The van der Waals surface area contributed by atoms with Crippen LogP contribution in [0.15, 0.2) is 60.7 Å². The van der Waals surface area contributed by atoms with Crippen LogP contribution >= 0.6 is 0 Å². The quantitative estimate of drug-likeness (QED) is 0.275. The van der Waals surface area contributed by atoms with Crippen molar-refractivity contribution in [2.45, 2.75) is 72.4 Å². The first-order valence-electron chi connectivity index (χ1n) is 13.2. The number of carbonyl (C=O) groups excluding carboxylic acids is 1. The van der Waals surface area contributed by atoms with Gasteiger partial charge in [-0.3, -0.25) is 10.2 Å². The van der Waals surface area contributed by atoms with E-state index < -0.39 is 0 Å². The number of phenolic OH excluding ortho intramolecular Hbond substituents is 1. The van der Waals surface area contributed by atoms with Gasteiger partial charge < -0.3 is 19.0 Å². The molecule has 0 aliphatic heterocycles. The van der Waals surface area contributed by atoms with Gasteiger partial charge in [0, 0.05) is 22.3 Å². The van der Waals surface area contributed by atoms with Crippen molar-refractivity contribution in [3.8, 4) is 11.5 Å². The van der Waals surface area contributed by atoms with Crippen molar-refractivity contribution < 1.29 is 14.6 Å². The second-order valence-corrected chi connectivity index (χ2v) is 11.9. The van der Waals surface area contributed by atoms with Crippen LogP contribution in [-0.2, 0) is 23.9 Å². The Morgan fingerprint density at radius 2 is 1.39 bits per heavy atom. The summed E-state index contributed by atoms with van der Waals surface area (Å²) < 4.78 is 9.50. The molecular weight excluding hydrogens is 474 g/mol. The molecule has 0 unspecified atom stereocenters. The van der Waals surface area contributed by atoms with Crippen LogP contribution in [0.2, 0.25) is 0 Å². The van der Waals surface area contributed by atoms with Crippen molar-refractivity contribution in [3.63, 3.8) is 0 Å². The topological polar surface area (TPSA) is 80.2 Å². The molecule has 2 N–H and O–H groups in total. The van der Waals surface area contributed by atoms with E-state index in [2.05, 4.69) is 0 Å². The molecule has 0 radical (unpaired) electrons. The van der Waals surface area contributed by atoms with Crippen molar-refractivity contribution >= 4 is 16.8 Å². The predicted octanol–water partition coefficient (Wildman–Crippen LogP) is 6.55. The molecule has 4 aromatic rings. The van der Waals surface area contributed by atoms with Crippen LogP contribution in [0.25, 0.3) is 11.0 Å². The van der Waals surface area contributed by atoms with E-state index in [1.54, 1.807) is 4.57 Å². The number of benzene rings is 3.